The van der Waals surface area contributed by atoms with Gasteiger partial charge in [-0.15, -0.1) is 0 Å². The third kappa shape index (κ3) is 9.88. The number of hydrogen-bond donors (Lipinski definition) is 0. The molecule has 0 aliphatic heterocycles. The van der Waals surface area contributed by atoms with E-state index in [9.17, 15) is 4.79 Å². The Morgan fingerprint density at radius 2 is 1.16 bits per heavy atom. The first-order valence-corrected chi connectivity index (χ1v) is 27.6. The zero-order valence-electron chi connectivity index (χ0n) is 39.4. The van der Waals surface area contributed by atoms with Crippen LogP contribution in [0.4, 0.5) is 0 Å². The van der Waals surface area contributed by atoms with Gasteiger partial charge in [-0.3, -0.25) is 0 Å². The zero-order chi connectivity index (χ0) is 42.8. The molecule has 0 N–H and O–H groups in total. The van der Waals surface area contributed by atoms with Crippen molar-refractivity contribution >= 4 is 22.4 Å². The Bertz CT molecular complexity index is 1720. The zero-order valence-corrected chi connectivity index (χ0v) is 41.4. The molecule has 0 spiro atoms. The van der Waals surface area contributed by atoms with E-state index in [0.717, 1.165) is 56.3 Å². The van der Waals surface area contributed by atoms with Gasteiger partial charge in [0.05, 0.1) is 13.6 Å². The second-order valence-corrected chi connectivity index (χ2v) is 31.7. The predicted octanol–water partition coefficient (Wildman–Crippen LogP) is 15.1. The van der Waals surface area contributed by atoms with Gasteiger partial charge in [0.15, 0.2) is 8.32 Å². The maximum atomic E-state index is 13.2. The normalized spacial score (nSPS) is 16.3. The van der Waals surface area contributed by atoms with E-state index in [1.165, 1.54) is 5.56 Å². The second-order valence-electron chi connectivity index (χ2n) is 21.6. The molecule has 0 fully saturated rings. The summed E-state index contributed by atoms with van der Waals surface area (Å²) in [4.78, 5) is 13.2. The lowest BCUT2D eigenvalue weighted by Gasteiger charge is -2.59. The van der Waals surface area contributed by atoms with Crippen molar-refractivity contribution in [2.75, 3.05) is 0 Å². The van der Waals surface area contributed by atoms with E-state index in [2.05, 4.69) is 166 Å². The van der Waals surface area contributed by atoms with Crippen molar-refractivity contribution in [2.24, 2.45) is 5.41 Å². The maximum Gasteiger partial charge on any atom is 0.343 e. The predicted molar refractivity (Wildman–Crippen MR) is 246 cm³/mol. The number of allylic oxidation sites excluding steroid dienone is 2. The third-order valence-electron chi connectivity index (χ3n) is 15.7. The molecule has 3 rings (SSSR count). The van der Waals surface area contributed by atoms with E-state index in [4.69, 9.17) is 13.9 Å². The minimum Gasteiger partial charge on any atom is -0.487 e. The molecule has 2 aromatic rings. The summed E-state index contributed by atoms with van der Waals surface area (Å²) in [6.07, 6.45) is 12.7. The van der Waals surface area contributed by atoms with E-state index in [-0.39, 0.29) is 43.1 Å². The number of carbonyl (C=O) groups is 1. The Hall–Kier alpha value is -2.42. The molecular formula is C50H82O4Si2. The van der Waals surface area contributed by atoms with E-state index in [1.54, 1.807) is 0 Å². The van der Waals surface area contributed by atoms with Crippen molar-refractivity contribution in [3.05, 3.63) is 83.5 Å². The van der Waals surface area contributed by atoms with Crippen molar-refractivity contribution in [2.45, 2.75) is 207 Å². The smallest absolute Gasteiger partial charge is 0.343 e. The summed E-state index contributed by atoms with van der Waals surface area (Å²) in [6.45, 7) is 45.7. The lowest BCUT2D eigenvalue weighted by molar-refractivity contribution is -0.129. The van der Waals surface area contributed by atoms with Gasteiger partial charge in [0, 0.05) is 10.8 Å². The van der Waals surface area contributed by atoms with Gasteiger partial charge in [-0.1, -0.05) is 157 Å². The summed E-state index contributed by atoms with van der Waals surface area (Å²) in [6, 6.07) is 16.9. The van der Waals surface area contributed by atoms with Crippen LogP contribution in [-0.4, -0.2) is 33.2 Å². The van der Waals surface area contributed by atoms with Crippen LogP contribution < -0.4 is 9.47 Å². The molecular weight excluding hydrogens is 721 g/mol. The lowest BCUT2D eigenvalue weighted by atomic mass is 9.66. The summed E-state index contributed by atoms with van der Waals surface area (Å²) in [5, 5.41) is -0.303. The molecule has 2 aromatic carbocycles. The molecule has 1 atom stereocenters. The van der Waals surface area contributed by atoms with Crippen molar-refractivity contribution in [3.63, 3.8) is 0 Å². The molecule has 4 nitrogen and oxygen atoms in total. The van der Waals surface area contributed by atoms with Crippen LogP contribution in [0.2, 0.25) is 36.3 Å². The fourth-order valence-electron chi connectivity index (χ4n) is 9.53. The van der Waals surface area contributed by atoms with Gasteiger partial charge in [-0.25, -0.2) is 4.79 Å². The molecule has 0 saturated heterocycles. The first-order chi connectivity index (χ1) is 25.5. The number of carbonyl (C=O) groups excluding carboxylic acids is 1. The molecule has 1 aliphatic carbocycles. The highest BCUT2D eigenvalue weighted by Crippen LogP contribution is 2.61. The average molecular weight is 803 g/mol. The largest absolute Gasteiger partial charge is 0.487 e. The summed E-state index contributed by atoms with van der Waals surface area (Å²) < 4.78 is 20.7. The number of benzene rings is 2. The summed E-state index contributed by atoms with van der Waals surface area (Å²) >= 11 is 0. The van der Waals surface area contributed by atoms with Crippen molar-refractivity contribution in [1.82, 2.24) is 0 Å². The Kier molecular flexibility index (Phi) is 14.6. The first-order valence-electron chi connectivity index (χ1n) is 21.7. The highest BCUT2D eigenvalue weighted by molar-refractivity contribution is 6.84. The molecule has 6 heteroatoms. The Morgan fingerprint density at radius 3 is 1.66 bits per heavy atom. The monoisotopic (exact) mass is 803 g/mol. The number of para-hydroxylation sites is 2. The van der Waals surface area contributed by atoms with Gasteiger partial charge in [-0.2, -0.15) is 0 Å². The number of rotatable bonds is 19. The Morgan fingerprint density at radius 1 is 0.661 bits per heavy atom. The summed E-state index contributed by atoms with van der Waals surface area (Å²) in [5.41, 5.74) is 2.35. The Balaban J connectivity index is 1.92. The van der Waals surface area contributed by atoms with E-state index < -0.39 is 16.4 Å². The van der Waals surface area contributed by atoms with Crippen LogP contribution in [-0.2, 0) is 20.1 Å². The molecule has 0 heterocycles. The SMILES string of the molecule is CCC(C)(CC)Oc1ccccc1C(C)(C)CC(C)(CC)[Si](C)(C)C(C)(C)O[Si](C)(C)C(C)(C)C(C)(C)CC(C)(C)c1ccccc1OC(=O)C1=CCCC=C1. The van der Waals surface area contributed by atoms with Crippen LogP contribution in [0.3, 0.4) is 0 Å². The average Bonchev–Trinajstić information content (AvgIpc) is 3.10. The Labute approximate surface area is 346 Å². The molecule has 1 unspecified atom stereocenters. The summed E-state index contributed by atoms with van der Waals surface area (Å²) in [5.74, 6) is 1.39. The van der Waals surface area contributed by atoms with Crippen molar-refractivity contribution < 1.29 is 18.7 Å². The van der Waals surface area contributed by atoms with Gasteiger partial charge in [0.1, 0.15) is 17.1 Å². The molecule has 0 saturated carbocycles. The van der Waals surface area contributed by atoms with E-state index in [0.29, 0.717) is 11.3 Å². The molecule has 1 aliphatic rings. The van der Waals surface area contributed by atoms with Crippen LogP contribution >= 0.6 is 0 Å². The molecule has 0 aromatic heterocycles. The van der Waals surface area contributed by atoms with Crippen LogP contribution in [0.25, 0.3) is 0 Å². The quantitative estimate of drug-likeness (QED) is 0.0806. The van der Waals surface area contributed by atoms with Gasteiger partial charge in [0.25, 0.3) is 0 Å². The first kappa shape index (κ1) is 48.0. The number of esters is 1. The van der Waals surface area contributed by atoms with E-state index >= 15 is 0 Å². The third-order valence-corrected chi connectivity index (χ3v) is 27.3. The van der Waals surface area contributed by atoms with Gasteiger partial charge >= 0.3 is 5.97 Å². The fourth-order valence-corrected chi connectivity index (χ4v) is 17.8. The standard InChI is InChI=1S/C50H82O4Si2/c1-20-49(14,21-2)53-42-35-29-27-33-40(42)45(6,7)37-50(15,22-3)55(16,17)48(12,13)54-56(18,19)47(10,11)46(8,9)36-44(4,5)39-32-26-28-34-41(39)52-43(51)38-30-24-23-25-31-38/h24,26-35H,20-23,25,36-37H2,1-19H3. The molecule has 0 radical (unpaired) electrons. The summed E-state index contributed by atoms with van der Waals surface area (Å²) in [7, 11) is -4.60. The molecule has 0 amide bonds. The molecule has 0 bridgehead atoms. The van der Waals surface area contributed by atoms with Crippen LogP contribution in [0.1, 0.15) is 160 Å². The number of hydrogen-bond acceptors (Lipinski definition) is 4. The molecule has 314 valence electrons. The van der Waals surface area contributed by atoms with Gasteiger partial charge in [0.2, 0.25) is 0 Å². The van der Waals surface area contributed by atoms with Crippen molar-refractivity contribution in [3.8, 4) is 11.5 Å². The maximum absolute atomic E-state index is 13.2. The van der Waals surface area contributed by atoms with Gasteiger partial charge < -0.3 is 13.9 Å². The topological polar surface area (TPSA) is 44.8 Å². The second kappa shape index (κ2) is 17.1. The van der Waals surface area contributed by atoms with Crippen LogP contribution in [0.5, 0.6) is 11.5 Å². The minimum atomic E-state index is -2.42. The highest BCUT2D eigenvalue weighted by Gasteiger charge is 2.59. The number of ether oxygens (including phenoxy) is 2. The van der Waals surface area contributed by atoms with Gasteiger partial charge in [-0.05, 0) is 116 Å². The van der Waals surface area contributed by atoms with Crippen molar-refractivity contribution in [1.29, 1.82) is 0 Å². The lowest BCUT2D eigenvalue weighted by Crippen LogP contribution is -2.65. The van der Waals surface area contributed by atoms with E-state index in [1.807, 2.05) is 30.4 Å². The van der Waals surface area contributed by atoms with Crippen LogP contribution in [0.15, 0.2) is 72.3 Å². The highest BCUT2D eigenvalue weighted by atomic mass is 28.4. The molecule has 56 heavy (non-hydrogen) atoms. The van der Waals surface area contributed by atoms with Crippen LogP contribution in [0, 0.1) is 5.41 Å². The minimum absolute atomic E-state index is 0.0860. The fraction of sp³-hybridized carbons (Fsp3) is 0.660.